The minimum Gasteiger partial charge on any atom is -0.462 e. The molecule has 0 spiro atoms. The largest absolute Gasteiger partial charge is 0.462 e. The summed E-state index contributed by atoms with van der Waals surface area (Å²) in [4.78, 5) is 46.3. The quantitative estimate of drug-likeness (QED) is 0.490. The molecular weight excluding hydrogens is 372 g/mol. The first kappa shape index (κ1) is 17.2. The van der Waals surface area contributed by atoms with E-state index in [9.17, 15) is 14.4 Å². The molecule has 4 heterocycles. The molecule has 0 aromatic carbocycles. The molecule has 0 N–H and O–H groups in total. The molecule has 0 saturated heterocycles. The summed E-state index contributed by atoms with van der Waals surface area (Å²) in [6.07, 6.45) is 2.94. The van der Waals surface area contributed by atoms with Crippen LogP contribution in [0.5, 0.6) is 0 Å². The van der Waals surface area contributed by atoms with E-state index in [2.05, 4.69) is 9.97 Å². The Hall–Kier alpha value is -3.27. The number of esters is 1. The lowest BCUT2D eigenvalue weighted by Gasteiger charge is -2.05. The van der Waals surface area contributed by atoms with Crippen molar-refractivity contribution in [2.24, 2.45) is 0 Å². The van der Waals surface area contributed by atoms with E-state index >= 15 is 0 Å². The monoisotopic (exact) mass is 386 g/mol. The summed E-state index contributed by atoms with van der Waals surface area (Å²) in [6.45, 7) is 3.47. The van der Waals surface area contributed by atoms with Crippen LogP contribution in [0.4, 0.5) is 0 Å². The predicted octanol–water partition coefficient (Wildman–Crippen LogP) is 1.59. The minimum atomic E-state index is -0.637. The molecule has 0 amide bonds. The van der Waals surface area contributed by atoms with Crippen molar-refractivity contribution >= 4 is 33.4 Å². The van der Waals surface area contributed by atoms with Gasteiger partial charge in [0.25, 0.3) is 11.1 Å². The number of ether oxygens (including phenoxy) is 1. The second-order valence-corrected chi connectivity index (χ2v) is 6.63. The number of carbonyl (C=O) groups excluding carboxylic acids is 1. The van der Waals surface area contributed by atoms with Crippen molar-refractivity contribution < 1.29 is 13.9 Å². The van der Waals surface area contributed by atoms with E-state index in [0.29, 0.717) is 10.7 Å². The summed E-state index contributed by atoms with van der Waals surface area (Å²) >= 11 is 1.32. The second kappa shape index (κ2) is 6.47. The summed E-state index contributed by atoms with van der Waals surface area (Å²) in [5, 5.41) is 1.81. The van der Waals surface area contributed by atoms with Crippen LogP contribution in [0.2, 0.25) is 0 Å². The van der Waals surface area contributed by atoms with Crippen molar-refractivity contribution in [2.45, 2.75) is 20.4 Å². The van der Waals surface area contributed by atoms with Crippen LogP contribution in [0.1, 0.15) is 28.7 Å². The van der Waals surface area contributed by atoms with E-state index in [1.807, 2.05) is 0 Å². The first-order valence-electron chi connectivity index (χ1n) is 8.11. The summed E-state index contributed by atoms with van der Waals surface area (Å²) in [5.74, 6) is -0.371. The third-order valence-electron chi connectivity index (χ3n) is 4.02. The Kier molecular flexibility index (Phi) is 4.11. The zero-order chi connectivity index (χ0) is 19.1. The highest BCUT2D eigenvalue weighted by Gasteiger charge is 2.24. The van der Waals surface area contributed by atoms with Gasteiger partial charge in [0, 0.05) is 17.6 Å². The molecule has 4 rings (SSSR count). The normalized spacial score (nSPS) is 11.3. The number of fused-ring (bicyclic) bond motifs is 2. The molecule has 138 valence electrons. The zero-order valence-electron chi connectivity index (χ0n) is 14.5. The summed E-state index contributed by atoms with van der Waals surface area (Å²) in [7, 11) is 0. The van der Waals surface area contributed by atoms with Gasteiger partial charge in [0.15, 0.2) is 4.96 Å². The van der Waals surface area contributed by atoms with Gasteiger partial charge in [0.05, 0.1) is 18.8 Å². The van der Waals surface area contributed by atoms with Gasteiger partial charge in [-0.1, -0.05) is 0 Å². The van der Waals surface area contributed by atoms with E-state index in [1.165, 1.54) is 32.7 Å². The van der Waals surface area contributed by atoms with Gasteiger partial charge in [0.2, 0.25) is 5.71 Å². The molecule has 9 nitrogen and oxygen atoms in total. The molecule has 0 aliphatic carbocycles. The number of carbonyl (C=O) groups is 1. The predicted molar refractivity (Wildman–Crippen MR) is 97.4 cm³/mol. The van der Waals surface area contributed by atoms with Crippen molar-refractivity contribution in [1.29, 1.82) is 0 Å². The molecule has 0 fully saturated rings. The van der Waals surface area contributed by atoms with Crippen LogP contribution in [0.15, 0.2) is 38.0 Å². The third-order valence-corrected chi connectivity index (χ3v) is 4.78. The first-order chi connectivity index (χ1) is 13.0. The fourth-order valence-corrected chi connectivity index (χ4v) is 3.58. The molecule has 10 heteroatoms. The standard InChI is InChI=1S/C17H14N4O5S/c1-3-25-16(24)12-9(2)26-14-13(12)15(23)20(8-18-14)7-10-6-11(22)21-4-5-27-17(21)19-10/h4-6,8H,3,7H2,1-2H3. The van der Waals surface area contributed by atoms with Gasteiger partial charge in [-0.2, -0.15) is 0 Å². The first-order valence-corrected chi connectivity index (χ1v) is 8.99. The Morgan fingerprint density at radius 1 is 1.37 bits per heavy atom. The Labute approximate surface area is 155 Å². The highest BCUT2D eigenvalue weighted by molar-refractivity contribution is 7.15. The molecule has 0 saturated carbocycles. The second-order valence-electron chi connectivity index (χ2n) is 5.75. The fraction of sp³-hybridized carbons (Fsp3) is 0.235. The summed E-state index contributed by atoms with van der Waals surface area (Å²) < 4.78 is 13.2. The lowest BCUT2D eigenvalue weighted by Crippen LogP contribution is -2.24. The van der Waals surface area contributed by atoms with E-state index in [0.717, 1.165) is 0 Å². The molecule has 0 bridgehead atoms. The van der Waals surface area contributed by atoms with E-state index in [4.69, 9.17) is 9.15 Å². The molecule has 0 aliphatic heterocycles. The number of nitrogens with zero attached hydrogens (tertiary/aromatic N) is 4. The number of aryl methyl sites for hydroxylation is 1. The van der Waals surface area contributed by atoms with Crippen molar-refractivity contribution in [3.8, 4) is 0 Å². The average Bonchev–Trinajstić information content (AvgIpc) is 3.22. The van der Waals surface area contributed by atoms with Crippen LogP contribution in [-0.2, 0) is 11.3 Å². The van der Waals surface area contributed by atoms with Crippen LogP contribution < -0.4 is 11.1 Å². The van der Waals surface area contributed by atoms with E-state index in [-0.39, 0.29) is 41.1 Å². The Morgan fingerprint density at radius 2 is 2.19 bits per heavy atom. The maximum Gasteiger partial charge on any atom is 0.342 e. The van der Waals surface area contributed by atoms with Crippen molar-refractivity contribution in [2.75, 3.05) is 6.61 Å². The van der Waals surface area contributed by atoms with Crippen LogP contribution in [0.25, 0.3) is 16.1 Å². The van der Waals surface area contributed by atoms with Crippen LogP contribution in [0.3, 0.4) is 0 Å². The van der Waals surface area contributed by atoms with Crippen molar-refractivity contribution in [3.63, 3.8) is 0 Å². The van der Waals surface area contributed by atoms with E-state index in [1.54, 1.807) is 25.4 Å². The van der Waals surface area contributed by atoms with Gasteiger partial charge in [-0.3, -0.25) is 18.6 Å². The number of thiazole rings is 1. The number of furan rings is 1. The molecular formula is C17H14N4O5S. The van der Waals surface area contributed by atoms with Gasteiger partial charge in [-0.15, -0.1) is 11.3 Å². The highest BCUT2D eigenvalue weighted by Crippen LogP contribution is 2.21. The molecule has 4 aromatic heterocycles. The molecule has 0 radical (unpaired) electrons. The Balaban J connectivity index is 1.83. The Bertz CT molecular complexity index is 1300. The third kappa shape index (κ3) is 2.83. The molecule has 27 heavy (non-hydrogen) atoms. The summed E-state index contributed by atoms with van der Waals surface area (Å²) in [5.41, 5.74) is -0.139. The zero-order valence-corrected chi connectivity index (χ0v) is 15.3. The lowest BCUT2D eigenvalue weighted by atomic mass is 10.2. The van der Waals surface area contributed by atoms with Gasteiger partial charge in [0.1, 0.15) is 23.0 Å². The summed E-state index contributed by atoms with van der Waals surface area (Å²) in [6, 6.07) is 1.36. The van der Waals surface area contributed by atoms with Crippen LogP contribution in [-0.4, -0.2) is 31.5 Å². The van der Waals surface area contributed by atoms with Gasteiger partial charge >= 0.3 is 5.97 Å². The van der Waals surface area contributed by atoms with Gasteiger partial charge < -0.3 is 9.15 Å². The Morgan fingerprint density at radius 3 is 2.96 bits per heavy atom. The van der Waals surface area contributed by atoms with E-state index < -0.39 is 11.5 Å². The molecule has 0 unspecified atom stereocenters. The van der Waals surface area contributed by atoms with Crippen LogP contribution in [0, 0.1) is 6.92 Å². The molecule has 0 aliphatic rings. The number of hydrogen-bond donors (Lipinski definition) is 0. The fourth-order valence-electron chi connectivity index (χ4n) is 2.84. The SMILES string of the molecule is CCOC(=O)c1c(C)oc2ncn(Cc3cc(=O)n4ccsc4n3)c(=O)c12. The van der Waals surface area contributed by atoms with Crippen molar-refractivity contribution in [3.05, 3.63) is 61.7 Å². The smallest absolute Gasteiger partial charge is 0.342 e. The lowest BCUT2D eigenvalue weighted by molar-refractivity contribution is 0.0526. The maximum atomic E-state index is 12.9. The average molecular weight is 386 g/mol. The number of aromatic nitrogens is 4. The number of rotatable bonds is 4. The minimum absolute atomic E-state index is 0.0396. The number of hydrogen-bond acceptors (Lipinski definition) is 8. The van der Waals surface area contributed by atoms with Crippen molar-refractivity contribution in [1.82, 2.24) is 18.9 Å². The van der Waals surface area contributed by atoms with Gasteiger partial charge in [-0.25, -0.2) is 14.8 Å². The maximum absolute atomic E-state index is 12.9. The van der Waals surface area contributed by atoms with Crippen LogP contribution >= 0.6 is 11.3 Å². The molecule has 4 aromatic rings. The molecule has 0 atom stereocenters. The topological polar surface area (TPSA) is 109 Å². The highest BCUT2D eigenvalue weighted by atomic mass is 32.1. The van der Waals surface area contributed by atoms with Gasteiger partial charge in [-0.05, 0) is 13.8 Å².